The molecule has 1 aromatic carbocycles. The van der Waals surface area contributed by atoms with E-state index in [1.807, 2.05) is 19.1 Å². The van der Waals surface area contributed by atoms with E-state index in [1.54, 1.807) is 19.1 Å². The maximum atomic E-state index is 14.3. The second-order valence-electron chi connectivity index (χ2n) is 13.9. The molecule has 0 N–H and O–H groups in total. The molecule has 244 valence electrons. The number of sulfonamides is 1. The van der Waals surface area contributed by atoms with Crippen LogP contribution in [0, 0.1) is 23.1 Å². The Morgan fingerprint density at radius 3 is 2.59 bits per heavy atom. The number of Topliss-reactive ketones (excluding diaryl/α,β-unsaturated/α-hetero) is 1. The summed E-state index contributed by atoms with van der Waals surface area (Å²) in [6.07, 6.45) is 7.63. The quantitative estimate of drug-likeness (QED) is 0.356. The number of allylic oxidation sites excluding steroid dienone is 2. The molecule has 3 heterocycles. The molecule has 2 saturated carbocycles. The van der Waals surface area contributed by atoms with Gasteiger partial charge < -0.3 is 19.2 Å². The Bertz CT molecular complexity index is 1550. The first-order valence-corrected chi connectivity index (χ1v) is 17.5. The molecule has 0 radical (unpaired) electrons. The van der Waals surface area contributed by atoms with Gasteiger partial charge in [0.25, 0.3) is 0 Å². The van der Waals surface area contributed by atoms with E-state index in [9.17, 15) is 32.0 Å². The van der Waals surface area contributed by atoms with Crippen molar-refractivity contribution in [2.75, 3.05) is 6.54 Å². The maximum Gasteiger partial charge on any atom is 1.00 e. The Hall–Kier alpha value is -2.28. The van der Waals surface area contributed by atoms with Crippen LogP contribution in [0.25, 0.3) is 4.72 Å². The van der Waals surface area contributed by atoms with Gasteiger partial charge in [0.1, 0.15) is 21.9 Å². The van der Waals surface area contributed by atoms with Gasteiger partial charge >= 0.3 is 35.7 Å². The van der Waals surface area contributed by atoms with Crippen LogP contribution in [-0.4, -0.2) is 65.3 Å². The summed E-state index contributed by atoms with van der Waals surface area (Å²) in [4.78, 5) is 57.3. The minimum Gasteiger partial charge on any atom is -0.545 e. The molecule has 1 aromatic rings. The molecule has 6 rings (SSSR count). The first-order chi connectivity index (χ1) is 21.3. The number of rotatable bonds is 4. The standard InChI is InChI=1S/C33H42FN3O7S.Na/c1-21-9-6-4-3-5-7-11-23-16-33(23,30(40)35-45(42,43)32(2)13-14-32)17-28(38)27-15-24(19-37(27)29(21)39)44-31(41)36-18-22-10-8-12-26(34)25(22)20-36;/h7-8,10-12,21,23-24,27H,3-6,9,13-20H2,1-2H3,(H,35,40);/q;+1/p-1/b11-7-;/t21-,23-,24+,27-,33+;/m0./s1. The van der Waals surface area contributed by atoms with Gasteiger partial charge in [0.05, 0.1) is 29.8 Å². The molecule has 13 heteroatoms. The zero-order chi connectivity index (χ0) is 32.1. The summed E-state index contributed by atoms with van der Waals surface area (Å²) in [5.74, 6) is -2.43. The van der Waals surface area contributed by atoms with Gasteiger partial charge in [-0.3, -0.25) is 14.5 Å². The summed E-state index contributed by atoms with van der Waals surface area (Å²) >= 11 is 0. The summed E-state index contributed by atoms with van der Waals surface area (Å²) in [7, 11) is -4.03. The first kappa shape index (κ1) is 35.0. The summed E-state index contributed by atoms with van der Waals surface area (Å²) in [6.45, 7) is 3.71. The van der Waals surface area contributed by atoms with Gasteiger partial charge in [-0.2, -0.15) is 0 Å². The molecule has 0 spiro atoms. The van der Waals surface area contributed by atoms with Gasteiger partial charge in [-0.15, -0.1) is 0 Å². The van der Waals surface area contributed by atoms with Crippen molar-refractivity contribution in [3.05, 3.63) is 52.0 Å². The zero-order valence-corrected chi connectivity index (χ0v) is 29.7. The van der Waals surface area contributed by atoms with Crippen LogP contribution in [0.2, 0.25) is 0 Å². The number of hydrogen-bond donors (Lipinski definition) is 0. The summed E-state index contributed by atoms with van der Waals surface area (Å²) in [6, 6.07) is 3.78. The molecule has 2 aliphatic carbocycles. The predicted octanol–water partition coefficient (Wildman–Crippen LogP) is 2.16. The monoisotopic (exact) mass is 665 g/mol. The average Bonchev–Trinajstić information content (AvgIpc) is 3.78. The molecule has 3 fully saturated rings. The number of fused-ring (bicyclic) bond motifs is 3. The molecule has 3 amide bonds. The number of amides is 3. The molecular formula is C33H41FN3NaO7S. The van der Waals surface area contributed by atoms with Crippen molar-refractivity contribution >= 4 is 33.7 Å². The Kier molecular flexibility index (Phi) is 10.1. The van der Waals surface area contributed by atoms with Crippen LogP contribution in [0.4, 0.5) is 9.18 Å². The van der Waals surface area contributed by atoms with E-state index in [0.717, 1.165) is 25.7 Å². The zero-order valence-electron chi connectivity index (χ0n) is 26.9. The predicted molar refractivity (Wildman–Crippen MR) is 163 cm³/mol. The first-order valence-electron chi connectivity index (χ1n) is 16.1. The van der Waals surface area contributed by atoms with Gasteiger partial charge in [0.2, 0.25) is 5.91 Å². The number of nitrogens with zero attached hydrogens (tertiary/aromatic N) is 3. The van der Waals surface area contributed by atoms with Crippen molar-refractivity contribution in [2.45, 2.75) is 108 Å². The molecule has 3 aliphatic heterocycles. The minimum atomic E-state index is -4.03. The molecular weight excluding hydrogens is 624 g/mol. The van der Waals surface area contributed by atoms with Crippen molar-refractivity contribution < 1.29 is 66.3 Å². The topological polar surface area (TPSA) is 132 Å². The number of carbonyl (C=O) groups is 4. The van der Waals surface area contributed by atoms with Crippen LogP contribution < -0.4 is 29.6 Å². The van der Waals surface area contributed by atoms with Gasteiger partial charge in [-0.1, -0.05) is 44.1 Å². The van der Waals surface area contributed by atoms with Crippen molar-refractivity contribution in [2.24, 2.45) is 17.3 Å². The van der Waals surface area contributed by atoms with Gasteiger partial charge in [-0.05, 0) is 63.0 Å². The molecule has 10 nitrogen and oxygen atoms in total. The molecule has 0 bridgehead atoms. The molecule has 0 aromatic heterocycles. The van der Waals surface area contributed by atoms with E-state index in [-0.39, 0.29) is 91.4 Å². The third kappa shape index (κ3) is 6.82. The molecule has 0 unspecified atom stereocenters. The van der Waals surface area contributed by atoms with Crippen LogP contribution >= 0.6 is 0 Å². The largest absolute Gasteiger partial charge is 1.00 e. The van der Waals surface area contributed by atoms with Crippen LogP contribution in [0.1, 0.15) is 89.2 Å². The Balaban J connectivity index is 0.00000417. The minimum absolute atomic E-state index is 0. The second kappa shape index (κ2) is 13.3. The third-order valence-corrected chi connectivity index (χ3v) is 12.6. The van der Waals surface area contributed by atoms with E-state index in [2.05, 4.69) is 4.72 Å². The van der Waals surface area contributed by atoms with Crippen LogP contribution in [0.5, 0.6) is 0 Å². The van der Waals surface area contributed by atoms with Crippen LogP contribution in [0.15, 0.2) is 30.4 Å². The van der Waals surface area contributed by atoms with E-state index in [4.69, 9.17) is 4.74 Å². The van der Waals surface area contributed by atoms with E-state index < -0.39 is 44.3 Å². The van der Waals surface area contributed by atoms with Crippen molar-refractivity contribution in [3.8, 4) is 0 Å². The van der Waals surface area contributed by atoms with Gasteiger partial charge in [-0.25, -0.2) is 17.6 Å². The van der Waals surface area contributed by atoms with Gasteiger partial charge in [0.15, 0.2) is 5.78 Å². The fraction of sp³-hybridized carbons (Fsp3) is 0.636. The van der Waals surface area contributed by atoms with Crippen molar-refractivity contribution in [1.29, 1.82) is 0 Å². The number of ether oxygens (including phenoxy) is 1. The average molecular weight is 666 g/mol. The molecule has 5 aliphatic rings. The van der Waals surface area contributed by atoms with Gasteiger partial charge in [0, 0.05) is 36.3 Å². The summed E-state index contributed by atoms with van der Waals surface area (Å²) in [5, 5.41) is 0. The van der Waals surface area contributed by atoms with Crippen molar-refractivity contribution in [3.63, 3.8) is 0 Å². The smallest absolute Gasteiger partial charge is 0.545 e. The summed E-state index contributed by atoms with van der Waals surface area (Å²) in [5.41, 5.74) is -0.123. The van der Waals surface area contributed by atoms with Crippen molar-refractivity contribution in [1.82, 2.24) is 9.80 Å². The van der Waals surface area contributed by atoms with E-state index in [0.29, 0.717) is 36.8 Å². The molecule has 5 atom stereocenters. The normalized spacial score (nSPS) is 31.3. The molecule has 46 heavy (non-hydrogen) atoms. The molecule has 1 saturated heterocycles. The Morgan fingerprint density at radius 2 is 1.87 bits per heavy atom. The number of halogens is 1. The Labute approximate surface area is 292 Å². The number of carbonyl (C=O) groups excluding carboxylic acids is 4. The number of benzene rings is 1. The number of ketones is 1. The fourth-order valence-electron chi connectivity index (χ4n) is 7.00. The van der Waals surface area contributed by atoms with E-state index >= 15 is 0 Å². The summed E-state index contributed by atoms with van der Waals surface area (Å²) < 4.78 is 48.6. The fourth-order valence-corrected chi connectivity index (χ4v) is 8.24. The third-order valence-electron chi connectivity index (χ3n) is 10.5. The second-order valence-corrected chi connectivity index (χ2v) is 16.0. The number of hydrogen-bond acceptors (Lipinski definition) is 7. The Morgan fingerprint density at radius 1 is 1.11 bits per heavy atom. The van der Waals surface area contributed by atoms with Crippen LogP contribution in [0.3, 0.4) is 0 Å². The maximum absolute atomic E-state index is 14.3. The SMILES string of the molecule is C[C@H]1CCCCC/C=C\[C@H]2C[C@@]2(C(=O)[N-]S(=O)(=O)C2(C)CC2)CC(=O)[C@@H]2C[C@@H](OC(=O)N3Cc4cccc(F)c4C3)CN2C1=O.[Na+]. The van der Waals surface area contributed by atoms with Crippen LogP contribution in [-0.2, 0) is 42.2 Å². The van der Waals surface area contributed by atoms with E-state index in [1.165, 1.54) is 15.9 Å².